The zero-order valence-corrected chi connectivity index (χ0v) is 14.9. The van der Waals surface area contributed by atoms with E-state index in [4.69, 9.17) is 0 Å². The summed E-state index contributed by atoms with van der Waals surface area (Å²) >= 11 is 0. The van der Waals surface area contributed by atoms with Gasteiger partial charge in [0.25, 0.3) is 0 Å². The summed E-state index contributed by atoms with van der Waals surface area (Å²) in [4.78, 5) is 0.381. The van der Waals surface area contributed by atoms with Crippen LogP contribution in [-0.4, -0.2) is 36.9 Å². The molecule has 0 spiro atoms. The van der Waals surface area contributed by atoms with E-state index in [-0.39, 0.29) is 12.1 Å². The fourth-order valence-electron chi connectivity index (χ4n) is 2.17. The third-order valence-corrected chi connectivity index (χ3v) is 5.84. The molecule has 1 N–H and O–H groups in total. The molecule has 5 nitrogen and oxygen atoms in total. The van der Waals surface area contributed by atoms with E-state index in [0.717, 1.165) is 18.7 Å². The first-order valence-electron chi connectivity index (χ1n) is 7.65. The molecule has 0 saturated heterocycles. The summed E-state index contributed by atoms with van der Waals surface area (Å²) in [5.41, 5.74) is 1.00. The van der Waals surface area contributed by atoms with E-state index in [2.05, 4.69) is 19.2 Å². The van der Waals surface area contributed by atoms with Crippen LogP contribution in [0.5, 0.6) is 0 Å². The van der Waals surface area contributed by atoms with E-state index < -0.39 is 10.0 Å². The summed E-state index contributed by atoms with van der Waals surface area (Å²) in [6.07, 6.45) is 2.55. The number of rotatable bonds is 8. The Morgan fingerprint density at radius 3 is 2.38 bits per heavy atom. The lowest BCUT2D eigenvalue weighted by Gasteiger charge is -2.22. The average molecular weight is 315 g/mol. The van der Waals surface area contributed by atoms with Crippen molar-refractivity contribution in [1.29, 1.82) is 0 Å². The average Bonchev–Trinajstić information content (AvgIpc) is 2.88. The Morgan fingerprint density at radius 1 is 1.29 bits per heavy atom. The van der Waals surface area contributed by atoms with Crippen LogP contribution in [0.3, 0.4) is 0 Å². The summed E-state index contributed by atoms with van der Waals surface area (Å²) in [5.74, 6) is 0. The fourth-order valence-corrected chi connectivity index (χ4v) is 3.66. The van der Waals surface area contributed by atoms with Crippen LogP contribution in [0.15, 0.2) is 17.2 Å². The second-order valence-electron chi connectivity index (χ2n) is 5.73. The van der Waals surface area contributed by atoms with Gasteiger partial charge in [0.2, 0.25) is 10.0 Å². The second-order valence-corrected chi connectivity index (χ2v) is 7.72. The van der Waals surface area contributed by atoms with Gasteiger partial charge in [-0.1, -0.05) is 13.8 Å². The number of nitrogens with zero attached hydrogens (tertiary/aromatic N) is 2. The summed E-state index contributed by atoms with van der Waals surface area (Å²) < 4.78 is 28.9. The lowest BCUT2D eigenvalue weighted by atomic mass is 10.3. The van der Waals surface area contributed by atoms with E-state index in [9.17, 15) is 8.42 Å². The SMILES string of the molecule is CCNCc1cc(S(=O)(=O)N(C)C(C)CC)cn1C(C)C. The third-order valence-electron chi connectivity index (χ3n) is 3.91. The molecule has 0 amide bonds. The topological polar surface area (TPSA) is 54.3 Å². The molecule has 0 saturated carbocycles. The molecule has 1 aromatic heterocycles. The molecular weight excluding hydrogens is 286 g/mol. The molecule has 0 aliphatic rings. The number of hydrogen-bond acceptors (Lipinski definition) is 3. The molecular formula is C15H29N3O2S. The van der Waals surface area contributed by atoms with E-state index in [1.807, 2.05) is 25.3 Å². The molecule has 0 aromatic carbocycles. The van der Waals surface area contributed by atoms with Crippen LogP contribution < -0.4 is 5.32 Å². The molecule has 6 heteroatoms. The number of sulfonamides is 1. The Kier molecular flexibility index (Phi) is 6.43. The van der Waals surface area contributed by atoms with Gasteiger partial charge in [0, 0.05) is 37.6 Å². The number of hydrogen-bond donors (Lipinski definition) is 1. The smallest absolute Gasteiger partial charge is 0.244 e. The van der Waals surface area contributed by atoms with Gasteiger partial charge in [-0.15, -0.1) is 0 Å². The normalized spacial score (nSPS) is 14.1. The van der Waals surface area contributed by atoms with Crippen molar-refractivity contribution in [2.24, 2.45) is 0 Å². The van der Waals surface area contributed by atoms with Crippen molar-refractivity contribution in [1.82, 2.24) is 14.2 Å². The molecule has 0 bridgehead atoms. The zero-order chi connectivity index (χ0) is 16.2. The Hall–Kier alpha value is -0.850. The lowest BCUT2D eigenvalue weighted by Crippen LogP contribution is -2.34. The molecule has 1 atom stereocenters. The van der Waals surface area contributed by atoms with Crippen LogP contribution in [0.1, 0.15) is 52.8 Å². The first-order valence-corrected chi connectivity index (χ1v) is 9.09. The number of aromatic nitrogens is 1. The highest BCUT2D eigenvalue weighted by Gasteiger charge is 2.26. The minimum absolute atomic E-state index is 0.00498. The van der Waals surface area contributed by atoms with E-state index in [1.54, 1.807) is 19.3 Å². The molecule has 21 heavy (non-hydrogen) atoms. The summed E-state index contributed by atoms with van der Waals surface area (Å²) in [5, 5.41) is 3.26. The van der Waals surface area contributed by atoms with E-state index in [0.29, 0.717) is 11.4 Å². The molecule has 1 heterocycles. The Bertz CT molecular complexity index is 549. The molecule has 122 valence electrons. The van der Waals surface area contributed by atoms with Crippen molar-refractivity contribution < 1.29 is 8.42 Å². The van der Waals surface area contributed by atoms with Crippen molar-refractivity contribution in [2.75, 3.05) is 13.6 Å². The molecule has 1 rings (SSSR count). The largest absolute Gasteiger partial charge is 0.346 e. The molecule has 0 radical (unpaired) electrons. The molecule has 1 unspecified atom stereocenters. The van der Waals surface area contributed by atoms with Gasteiger partial charge in [-0.05, 0) is 39.8 Å². The highest BCUT2D eigenvalue weighted by Crippen LogP contribution is 2.23. The zero-order valence-electron chi connectivity index (χ0n) is 14.0. The third kappa shape index (κ3) is 4.08. The summed E-state index contributed by atoms with van der Waals surface area (Å²) in [6, 6.07) is 2.02. The highest BCUT2D eigenvalue weighted by molar-refractivity contribution is 7.89. The van der Waals surface area contributed by atoms with Crippen molar-refractivity contribution in [3.05, 3.63) is 18.0 Å². The van der Waals surface area contributed by atoms with Crippen molar-refractivity contribution in [2.45, 2.75) is 64.6 Å². The van der Waals surface area contributed by atoms with Gasteiger partial charge in [0.1, 0.15) is 4.90 Å². The van der Waals surface area contributed by atoms with Crippen LogP contribution in [-0.2, 0) is 16.6 Å². The van der Waals surface area contributed by atoms with Crippen molar-refractivity contribution in [3.63, 3.8) is 0 Å². The Labute approximate surface area is 129 Å². The minimum atomic E-state index is -3.43. The molecule has 1 aromatic rings. The Balaban J connectivity index is 3.18. The van der Waals surface area contributed by atoms with Gasteiger partial charge in [-0.25, -0.2) is 8.42 Å². The van der Waals surface area contributed by atoms with Crippen LogP contribution >= 0.6 is 0 Å². The first-order chi connectivity index (χ1) is 9.75. The predicted molar refractivity (Wildman–Crippen MR) is 86.9 cm³/mol. The quantitative estimate of drug-likeness (QED) is 0.802. The summed E-state index contributed by atoms with van der Waals surface area (Å²) in [6.45, 7) is 11.6. The number of nitrogens with one attached hydrogen (secondary N) is 1. The molecule has 0 aliphatic carbocycles. The van der Waals surface area contributed by atoms with Gasteiger partial charge in [-0.2, -0.15) is 4.31 Å². The summed E-state index contributed by atoms with van der Waals surface area (Å²) in [7, 11) is -1.77. The van der Waals surface area contributed by atoms with Crippen molar-refractivity contribution >= 4 is 10.0 Å². The molecule has 0 aliphatic heterocycles. The van der Waals surface area contributed by atoms with Gasteiger partial charge in [-0.3, -0.25) is 0 Å². The monoisotopic (exact) mass is 315 g/mol. The highest BCUT2D eigenvalue weighted by atomic mass is 32.2. The van der Waals surface area contributed by atoms with Crippen LogP contribution in [0.2, 0.25) is 0 Å². The maximum Gasteiger partial charge on any atom is 0.244 e. The van der Waals surface area contributed by atoms with Gasteiger partial charge in [0.15, 0.2) is 0 Å². The molecule has 0 fully saturated rings. The standard InChI is InChI=1S/C15H29N3O2S/c1-7-13(5)17(6)21(19,20)15-9-14(10-16-8-2)18(11-15)12(3)4/h9,11-13,16H,7-8,10H2,1-6H3. The lowest BCUT2D eigenvalue weighted by molar-refractivity contribution is 0.380. The van der Waals surface area contributed by atoms with Gasteiger partial charge in [0.05, 0.1) is 0 Å². The van der Waals surface area contributed by atoms with Gasteiger partial charge >= 0.3 is 0 Å². The van der Waals surface area contributed by atoms with E-state index in [1.165, 1.54) is 4.31 Å². The van der Waals surface area contributed by atoms with Crippen molar-refractivity contribution in [3.8, 4) is 0 Å². The van der Waals surface area contributed by atoms with E-state index >= 15 is 0 Å². The minimum Gasteiger partial charge on any atom is -0.346 e. The first kappa shape index (κ1) is 18.2. The maximum absolute atomic E-state index is 12.7. The maximum atomic E-state index is 12.7. The van der Waals surface area contributed by atoms with Gasteiger partial charge < -0.3 is 9.88 Å². The Morgan fingerprint density at radius 2 is 1.90 bits per heavy atom. The fraction of sp³-hybridized carbons (Fsp3) is 0.733. The predicted octanol–water partition coefficient (Wildman–Crippen LogP) is 2.60. The van der Waals surface area contributed by atoms with Crippen LogP contribution in [0.25, 0.3) is 0 Å². The second kappa shape index (κ2) is 7.42. The van der Waals surface area contributed by atoms with Crippen LogP contribution in [0.4, 0.5) is 0 Å². The van der Waals surface area contributed by atoms with Crippen LogP contribution in [0, 0.1) is 0 Å².